The van der Waals surface area contributed by atoms with Gasteiger partial charge in [-0.2, -0.15) is 5.10 Å². The van der Waals surface area contributed by atoms with Crippen molar-refractivity contribution in [1.82, 2.24) is 19.6 Å². The minimum Gasteiger partial charge on any atom is -0.337 e. The number of para-hydroxylation sites is 1. The maximum absolute atomic E-state index is 12.9. The van der Waals surface area contributed by atoms with E-state index in [1.807, 2.05) is 47.5 Å². The van der Waals surface area contributed by atoms with E-state index >= 15 is 0 Å². The molecule has 1 atom stereocenters. The van der Waals surface area contributed by atoms with Crippen molar-refractivity contribution in [3.8, 4) is 5.69 Å². The molecule has 4 rings (SSSR count). The van der Waals surface area contributed by atoms with Crippen LogP contribution in [0.5, 0.6) is 0 Å². The molecule has 0 spiro atoms. The zero-order valence-electron chi connectivity index (χ0n) is 14.7. The van der Waals surface area contributed by atoms with Crippen molar-refractivity contribution in [2.24, 2.45) is 0 Å². The van der Waals surface area contributed by atoms with Crippen LogP contribution in [0, 0.1) is 0 Å². The van der Waals surface area contributed by atoms with Crippen molar-refractivity contribution >= 4 is 5.91 Å². The highest BCUT2D eigenvalue weighted by Gasteiger charge is 2.27. The fourth-order valence-electron chi connectivity index (χ4n) is 4.08. The van der Waals surface area contributed by atoms with Gasteiger partial charge in [0.1, 0.15) is 0 Å². The molecule has 2 fully saturated rings. The predicted molar refractivity (Wildman–Crippen MR) is 97.9 cm³/mol. The summed E-state index contributed by atoms with van der Waals surface area (Å²) in [6, 6.07) is 12.4. The van der Waals surface area contributed by atoms with E-state index in [-0.39, 0.29) is 5.91 Å². The average Bonchev–Trinajstić information content (AvgIpc) is 3.30. The van der Waals surface area contributed by atoms with Gasteiger partial charge in [-0.25, -0.2) is 4.68 Å². The van der Waals surface area contributed by atoms with Gasteiger partial charge in [0.15, 0.2) is 5.69 Å². The molecule has 0 unspecified atom stereocenters. The Morgan fingerprint density at radius 2 is 1.72 bits per heavy atom. The number of nitrogens with zero attached hydrogens (tertiary/aromatic N) is 4. The summed E-state index contributed by atoms with van der Waals surface area (Å²) in [5.74, 6) is 0.0664. The Kier molecular flexibility index (Phi) is 4.83. The highest BCUT2D eigenvalue weighted by molar-refractivity contribution is 5.92. The fraction of sp³-hybridized carbons (Fsp3) is 0.500. The van der Waals surface area contributed by atoms with Crippen molar-refractivity contribution in [2.45, 2.75) is 38.1 Å². The SMILES string of the molecule is O=C(c1ccn(-c2ccccc2)n1)N1CCC[C@@H](N2CCCC2)CC1. The first-order valence-corrected chi connectivity index (χ1v) is 9.46. The summed E-state index contributed by atoms with van der Waals surface area (Å²) in [4.78, 5) is 17.5. The minimum atomic E-state index is 0.0664. The molecule has 0 N–H and O–H groups in total. The third-order valence-corrected chi connectivity index (χ3v) is 5.47. The van der Waals surface area contributed by atoms with Crippen LogP contribution in [0.4, 0.5) is 0 Å². The van der Waals surface area contributed by atoms with Gasteiger partial charge in [0.2, 0.25) is 0 Å². The van der Waals surface area contributed by atoms with E-state index in [4.69, 9.17) is 0 Å². The summed E-state index contributed by atoms with van der Waals surface area (Å²) in [6.07, 6.45) is 7.92. The largest absolute Gasteiger partial charge is 0.337 e. The van der Waals surface area contributed by atoms with Gasteiger partial charge in [-0.05, 0) is 63.4 Å². The fourth-order valence-corrected chi connectivity index (χ4v) is 4.08. The van der Waals surface area contributed by atoms with E-state index < -0.39 is 0 Å². The summed E-state index contributed by atoms with van der Waals surface area (Å²) < 4.78 is 1.78. The monoisotopic (exact) mass is 338 g/mol. The summed E-state index contributed by atoms with van der Waals surface area (Å²) in [5.41, 5.74) is 1.52. The van der Waals surface area contributed by atoms with E-state index in [1.54, 1.807) is 4.68 Å². The molecule has 1 amide bonds. The topological polar surface area (TPSA) is 41.4 Å². The number of carbonyl (C=O) groups excluding carboxylic acids is 1. The molecule has 0 aliphatic carbocycles. The highest BCUT2D eigenvalue weighted by Crippen LogP contribution is 2.22. The Morgan fingerprint density at radius 1 is 0.920 bits per heavy atom. The van der Waals surface area contributed by atoms with Gasteiger partial charge in [-0.3, -0.25) is 4.79 Å². The molecule has 1 aromatic heterocycles. The molecule has 25 heavy (non-hydrogen) atoms. The summed E-state index contributed by atoms with van der Waals surface area (Å²) >= 11 is 0. The maximum Gasteiger partial charge on any atom is 0.274 e. The number of aromatic nitrogens is 2. The molecule has 1 aromatic carbocycles. The van der Waals surface area contributed by atoms with Crippen LogP contribution in [0.3, 0.4) is 0 Å². The first-order chi connectivity index (χ1) is 12.3. The first-order valence-electron chi connectivity index (χ1n) is 9.46. The summed E-state index contributed by atoms with van der Waals surface area (Å²) in [5, 5.41) is 4.50. The second kappa shape index (κ2) is 7.40. The molecule has 2 saturated heterocycles. The molecule has 0 bridgehead atoms. The molecule has 0 radical (unpaired) electrons. The summed E-state index contributed by atoms with van der Waals surface area (Å²) in [7, 11) is 0. The van der Waals surface area contributed by atoms with E-state index in [0.717, 1.165) is 31.6 Å². The van der Waals surface area contributed by atoms with Gasteiger partial charge in [0.25, 0.3) is 5.91 Å². The minimum absolute atomic E-state index is 0.0664. The number of amides is 1. The molecule has 5 nitrogen and oxygen atoms in total. The lowest BCUT2D eigenvalue weighted by molar-refractivity contribution is 0.0751. The molecule has 132 valence electrons. The van der Waals surface area contributed by atoms with Crippen LogP contribution in [-0.2, 0) is 0 Å². The van der Waals surface area contributed by atoms with Crippen LogP contribution in [-0.4, -0.2) is 57.7 Å². The van der Waals surface area contributed by atoms with Crippen LogP contribution in [0.25, 0.3) is 5.69 Å². The van der Waals surface area contributed by atoms with Gasteiger partial charge in [-0.15, -0.1) is 0 Å². The zero-order valence-corrected chi connectivity index (χ0v) is 14.7. The molecule has 0 saturated carbocycles. The quantitative estimate of drug-likeness (QED) is 0.864. The van der Waals surface area contributed by atoms with E-state index in [1.165, 1.54) is 32.4 Å². The Morgan fingerprint density at radius 3 is 2.52 bits per heavy atom. The van der Waals surface area contributed by atoms with Gasteiger partial charge >= 0.3 is 0 Å². The summed E-state index contributed by atoms with van der Waals surface area (Å²) in [6.45, 7) is 4.17. The van der Waals surface area contributed by atoms with Crippen LogP contribution in [0.15, 0.2) is 42.6 Å². The van der Waals surface area contributed by atoms with E-state index in [9.17, 15) is 4.79 Å². The van der Waals surface area contributed by atoms with Gasteiger partial charge in [0, 0.05) is 25.3 Å². The first kappa shape index (κ1) is 16.3. The van der Waals surface area contributed by atoms with Gasteiger partial charge < -0.3 is 9.80 Å². The number of rotatable bonds is 3. The number of benzene rings is 1. The third kappa shape index (κ3) is 3.61. The Balaban J connectivity index is 1.42. The number of hydrogen-bond donors (Lipinski definition) is 0. The van der Waals surface area contributed by atoms with Crippen LogP contribution >= 0.6 is 0 Å². The van der Waals surface area contributed by atoms with E-state index in [0.29, 0.717) is 11.7 Å². The van der Waals surface area contributed by atoms with Gasteiger partial charge in [0.05, 0.1) is 5.69 Å². The van der Waals surface area contributed by atoms with Gasteiger partial charge in [-0.1, -0.05) is 18.2 Å². The standard InChI is InChI=1S/C20H26N4O/c25-20(19-11-16-24(21-19)18-7-2-1-3-8-18)23-14-6-9-17(10-15-23)22-12-4-5-13-22/h1-3,7-8,11,16-17H,4-6,9-10,12-15H2/t17-/m1/s1. The lowest BCUT2D eigenvalue weighted by Gasteiger charge is -2.26. The van der Waals surface area contributed by atoms with Crippen molar-refractivity contribution in [1.29, 1.82) is 0 Å². The Bertz CT molecular complexity index is 705. The van der Waals surface area contributed by atoms with Crippen LogP contribution < -0.4 is 0 Å². The second-order valence-electron chi connectivity index (χ2n) is 7.10. The number of hydrogen-bond acceptors (Lipinski definition) is 3. The number of likely N-dealkylation sites (tertiary alicyclic amines) is 2. The lowest BCUT2D eigenvalue weighted by atomic mass is 10.1. The zero-order chi connectivity index (χ0) is 17.1. The molecular weight excluding hydrogens is 312 g/mol. The highest BCUT2D eigenvalue weighted by atomic mass is 16.2. The normalized spacial score (nSPS) is 22.1. The molecule has 3 heterocycles. The number of carbonyl (C=O) groups is 1. The molecule has 2 aromatic rings. The molecule has 2 aliphatic heterocycles. The van der Waals surface area contributed by atoms with Crippen LogP contribution in [0.1, 0.15) is 42.6 Å². The second-order valence-corrected chi connectivity index (χ2v) is 7.10. The molecular formula is C20H26N4O. The van der Waals surface area contributed by atoms with Crippen molar-refractivity contribution in [2.75, 3.05) is 26.2 Å². The van der Waals surface area contributed by atoms with Crippen molar-refractivity contribution < 1.29 is 4.79 Å². The average molecular weight is 338 g/mol. The molecule has 5 heteroatoms. The van der Waals surface area contributed by atoms with Crippen molar-refractivity contribution in [3.05, 3.63) is 48.3 Å². The predicted octanol–water partition coefficient (Wildman–Crippen LogP) is 2.96. The maximum atomic E-state index is 12.9. The lowest BCUT2D eigenvalue weighted by Crippen LogP contribution is -2.35. The molecule has 2 aliphatic rings. The third-order valence-electron chi connectivity index (χ3n) is 5.47. The Labute approximate surface area is 149 Å². The van der Waals surface area contributed by atoms with Crippen molar-refractivity contribution in [3.63, 3.8) is 0 Å². The Hall–Kier alpha value is -2.14. The van der Waals surface area contributed by atoms with Crippen LogP contribution in [0.2, 0.25) is 0 Å². The smallest absolute Gasteiger partial charge is 0.274 e. The van der Waals surface area contributed by atoms with E-state index in [2.05, 4.69) is 10.00 Å².